The lowest BCUT2D eigenvalue weighted by Gasteiger charge is -2.04. The summed E-state index contributed by atoms with van der Waals surface area (Å²) in [4.78, 5) is 47.6. The summed E-state index contributed by atoms with van der Waals surface area (Å²) in [6.45, 7) is 4.47. The number of unbranched alkanes of at least 4 members (excludes halogenated alkanes) is 20. The predicted octanol–water partition coefficient (Wildman–Crippen LogP) is 9.38. The lowest BCUT2D eigenvalue weighted by Crippen LogP contribution is -2.18. The van der Waals surface area contributed by atoms with E-state index < -0.39 is 11.9 Å². The van der Waals surface area contributed by atoms with E-state index in [0.29, 0.717) is 12.8 Å². The minimum Gasteiger partial charge on any atom is -0.392 e. The van der Waals surface area contributed by atoms with Crippen LogP contribution >= 0.6 is 0 Å². The summed E-state index contributed by atoms with van der Waals surface area (Å²) in [5.41, 5.74) is 0. The van der Waals surface area contributed by atoms with Crippen LogP contribution in [0.5, 0.6) is 0 Å². The van der Waals surface area contributed by atoms with Crippen molar-refractivity contribution in [1.29, 1.82) is 0 Å². The van der Waals surface area contributed by atoms with Gasteiger partial charge in [0.2, 0.25) is 0 Å². The first-order chi connectivity index (χ1) is 18.0. The quantitative estimate of drug-likeness (QED) is 0.0581. The van der Waals surface area contributed by atoms with Crippen molar-refractivity contribution in [2.45, 2.75) is 181 Å². The second kappa shape index (κ2) is 27.5. The van der Waals surface area contributed by atoms with Crippen LogP contribution in [0.15, 0.2) is 0 Å². The van der Waals surface area contributed by atoms with Gasteiger partial charge in [-0.25, -0.2) is 0 Å². The van der Waals surface area contributed by atoms with Crippen molar-refractivity contribution < 1.29 is 23.9 Å². The summed E-state index contributed by atoms with van der Waals surface area (Å²) in [6.07, 6.45) is 26.5. The van der Waals surface area contributed by atoms with Crippen molar-refractivity contribution in [3.63, 3.8) is 0 Å². The van der Waals surface area contributed by atoms with Gasteiger partial charge in [0, 0.05) is 12.8 Å². The molecular formula is C32H58O5. The Morgan fingerprint density at radius 1 is 0.378 bits per heavy atom. The van der Waals surface area contributed by atoms with Gasteiger partial charge in [-0.15, -0.1) is 0 Å². The van der Waals surface area contributed by atoms with E-state index in [-0.39, 0.29) is 24.4 Å². The van der Waals surface area contributed by atoms with Crippen molar-refractivity contribution in [1.82, 2.24) is 0 Å². The van der Waals surface area contributed by atoms with Crippen LogP contribution in [0.25, 0.3) is 0 Å². The molecule has 0 N–H and O–H groups in total. The molecule has 0 bridgehead atoms. The maximum absolute atomic E-state index is 12.0. The monoisotopic (exact) mass is 522 g/mol. The molecule has 0 rings (SSSR count). The van der Waals surface area contributed by atoms with Gasteiger partial charge in [0.1, 0.15) is 24.4 Å². The first-order valence-electron chi connectivity index (χ1n) is 15.8. The Kier molecular flexibility index (Phi) is 26.4. The number of carbonyl (C=O) groups is 4. The molecular weight excluding hydrogens is 464 g/mol. The third kappa shape index (κ3) is 27.3. The van der Waals surface area contributed by atoms with Gasteiger partial charge in [0.15, 0.2) is 0 Å². The molecule has 0 aromatic rings. The SMILES string of the molecule is CCCCCCCCCCCCCC(=O)CC(=O)OC(=O)CC(=O)CCCCCCCCCCCCC. The molecule has 0 fully saturated rings. The average Bonchev–Trinajstić information content (AvgIpc) is 2.85. The fourth-order valence-electron chi connectivity index (χ4n) is 4.67. The Labute approximate surface area is 228 Å². The maximum atomic E-state index is 12.0. The molecule has 0 aliphatic rings. The molecule has 5 nitrogen and oxygen atoms in total. The minimum absolute atomic E-state index is 0.194. The fraction of sp³-hybridized carbons (Fsp3) is 0.875. The first-order valence-corrected chi connectivity index (χ1v) is 15.8. The van der Waals surface area contributed by atoms with E-state index in [4.69, 9.17) is 0 Å². The van der Waals surface area contributed by atoms with Crippen LogP contribution in [-0.4, -0.2) is 23.5 Å². The number of Topliss-reactive ketones (excluding diaryl/α,β-unsaturated/α-hetero) is 2. The van der Waals surface area contributed by atoms with Gasteiger partial charge >= 0.3 is 11.9 Å². The summed E-state index contributed by atoms with van der Waals surface area (Å²) in [7, 11) is 0. The number of hydrogen-bond acceptors (Lipinski definition) is 5. The highest BCUT2D eigenvalue weighted by atomic mass is 16.6. The van der Waals surface area contributed by atoms with E-state index >= 15 is 0 Å². The van der Waals surface area contributed by atoms with E-state index in [2.05, 4.69) is 18.6 Å². The van der Waals surface area contributed by atoms with Crippen LogP contribution in [0.2, 0.25) is 0 Å². The van der Waals surface area contributed by atoms with E-state index in [1.54, 1.807) is 0 Å². The first kappa shape index (κ1) is 35.5. The molecule has 216 valence electrons. The van der Waals surface area contributed by atoms with E-state index in [0.717, 1.165) is 38.5 Å². The van der Waals surface area contributed by atoms with Crippen LogP contribution in [0.3, 0.4) is 0 Å². The van der Waals surface area contributed by atoms with Crippen molar-refractivity contribution in [2.24, 2.45) is 0 Å². The van der Waals surface area contributed by atoms with Crippen LogP contribution in [0.1, 0.15) is 181 Å². The molecule has 0 heterocycles. The highest BCUT2D eigenvalue weighted by Crippen LogP contribution is 2.14. The molecule has 0 aromatic carbocycles. The van der Waals surface area contributed by atoms with Gasteiger partial charge in [0.05, 0.1) is 0 Å². The Bertz CT molecular complexity index is 534. The fourth-order valence-corrected chi connectivity index (χ4v) is 4.67. The lowest BCUT2D eigenvalue weighted by molar-refractivity contribution is -0.160. The molecule has 0 unspecified atom stereocenters. The Hall–Kier alpha value is -1.52. The summed E-state index contributed by atoms with van der Waals surface area (Å²) in [6, 6.07) is 0. The molecule has 0 saturated carbocycles. The normalized spacial score (nSPS) is 11.0. The number of rotatable bonds is 28. The number of ether oxygens (including phenoxy) is 1. The van der Waals surface area contributed by atoms with Gasteiger partial charge < -0.3 is 4.74 Å². The van der Waals surface area contributed by atoms with Gasteiger partial charge in [-0.05, 0) is 12.8 Å². The van der Waals surface area contributed by atoms with Crippen molar-refractivity contribution in [3.8, 4) is 0 Å². The molecule has 0 amide bonds. The highest BCUT2D eigenvalue weighted by Gasteiger charge is 2.17. The number of carbonyl (C=O) groups excluding carboxylic acids is 4. The van der Waals surface area contributed by atoms with Gasteiger partial charge in [-0.3, -0.25) is 19.2 Å². The van der Waals surface area contributed by atoms with Crippen LogP contribution in [0.4, 0.5) is 0 Å². The second-order valence-electron chi connectivity index (χ2n) is 10.8. The molecule has 0 aliphatic heterocycles. The van der Waals surface area contributed by atoms with Gasteiger partial charge in [-0.1, -0.05) is 142 Å². The van der Waals surface area contributed by atoms with Gasteiger partial charge in [-0.2, -0.15) is 0 Å². The van der Waals surface area contributed by atoms with E-state index in [1.165, 1.54) is 103 Å². The number of esters is 2. The summed E-state index contributed by atoms with van der Waals surface area (Å²) in [5.74, 6) is -2.05. The maximum Gasteiger partial charge on any atom is 0.320 e. The van der Waals surface area contributed by atoms with Crippen LogP contribution < -0.4 is 0 Å². The second-order valence-corrected chi connectivity index (χ2v) is 10.8. The topological polar surface area (TPSA) is 77.5 Å². The zero-order chi connectivity index (χ0) is 27.4. The third-order valence-electron chi connectivity index (χ3n) is 7.03. The molecule has 0 spiro atoms. The Morgan fingerprint density at radius 2 is 0.622 bits per heavy atom. The Balaban J connectivity index is 3.58. The summed E-state index contributed by atoms with van der Waals surface area (Å²) in [5, 5.41) is 0. The zero-order valence-electron chi connectivity index (χ0n) is 24.4. The van der Waals surface area contributed by atoms with E-state index in [1.807, 2.05) is 0 Å². The van der Waals surface area contributed by atoms with Gasteiger partial charge in [0.25, 0.3) is 0 Å². The molecule has 0 radical (unpaired) electrons. The summed E-state index contributed by atoms with van der Waals surface area (Å²) < 4.78 is 4.69. The van der Waals surface area contributed by atoms with Crippen LogP contribution in [-0.2, 0) is 23.9 Å². The highest BCUT2D eigenvalue weighted by molar-refractivity contribution is 6.03. The van der Waals surface area contributed by atoms with Crippen molar-refractivity contribution in [2.75, 3.05) is 0 Å². The third-order valence-corrected chi connectivity index (χ3v) is 7.03. The zero-order valence-corrected chi connectivity index (χ0v) is 24.4. The smallest absolute Gasteiger partial charge is 0.320 e. The predicted molar refractivity (Wildman–Crippen MR) is 153 cm³/mol. The number of hydrogen-bond donors (Lipinski definition) is 0. The number of ketones is 2. The van der Waals surface area contributed by atoms with Crippen molar-refractivity contribution >= 4 is 23.5 Å². The molecule has 5 heteroatoms. The Morgan fingerprint density at radius 3 is 0.892 bits per heavy atom. The largest absolute Gasteiger partial charge is 0.392 e. The molecule has 0 atom stereocenters. The van der Waals surface area contributed by atoms with E-state index in [9.17, 15) is 19.2 Å². The summed E-state index contributed by atoms with van der Waals surface area (Å²) >= 11 is 0. The molecule has 0 aromatic heterocycles. The molecule has 0 aliphatic carbocycles. The standard InChI is InChI=1S/C32H58O5/c1-3-5-7-9-11-13-15-17-19-21-23-25-29(33)27-31(35)37-32(36)28-30(34)26-24-22-20-18-16-14-12-10-8-6-4-2/h3-28H2,1-2H3. The molecule has 37 heavy (non-hydrogen) atoms. The lowest BCUT2D eigenvalue weighted by atomic mass is 10.0. The molecule has 0 saturated heterocycles. The van der Waals surface area contributed by atoms with Crippen molar-refractivity contribution in [3.05, 3.63) is 0 Å². The minimum atomic E-state index is -0.833. The average molecular weight is 523 g/mol. The van der Waals surface area contributed by atoms with Crippen LogP contribution in [0, 0.1) is 0 Å².